The van der Waals surface area contributed by atoms with E-state index in [0.29, 0.717) is 29.9 Å². The van der Waals surface area contributed by atoms with Gasteiger partial charge in [0.15, 0.2) is 13.6 Å². The first-order valence-electron chi connectivity index (χ1n) is 13.4. The van der Waals surface area contributed by atoms with Gasteiger partial charge in [0.05, 0.1) is 6.10 Å². The van der Waals surface area contributed by atoms with Crippen molar-refractivity contribution in [3.05, 3.63) is 83.6 Å². The molecule has 0 aromatic rings. The van der Waals surface area contributed by atoms with Gasteiger partial charge in [-0.15, -0.1) is 0 Å². The predicted octanol–water partition coefficient (Wildman–Crippen LogP) is 5.92. The Morgan fingerprint density at radius 3 is 2.20 bits per heavy atom. The third-order valence-electron chi connectivity index (χ3n) is 5.41. The summed E-state index contributed by atoms with van der Waals surface area (Å²) in [7, 11) is 4.58. The van der Waals surface area contributed by atoms with Crippen LogP contribution in [0.1, 0.15) is 52.9 Å². The maximum Gasteiger partial charge on any atom is 0.335 e. The topological polar surface area (TPSA) is 101 Å². The van der Waals surface area contributed by atoms with E-state index in [-0.39, 0.29) is 26.3 Å². The Morgan fingerprint density at radius 2 is 1.52 bits per heavy atom. The minimum atomic E-state index is -0.488. The maximum absolute atomic E-state index is 11.8. The van der Waals surface area contributed by atoms with Gasteiger partial charge in [-0.25, -0.2) is 9.59 Å². The standard InChI is InChI=1S/C32H48O8/c1-26(17-18-29(19-20-33)23-31(34)39-24-36-4)15-13-11-9-7-8-10-12-14-16-30(38-6)22-27(2)21-28(3)32(35)40-25-37-5/h8,10-14,17-18,21-23,26,30,33H,7,9,15-16,19-20,24-25H2,1-6H3/b10-8+,13-11+,14-12-,18-17+,27-22-,28-21+,29-23+/t26-,30+/m0/s1. The van der Waals surface area contributed by atoms with E-state index in [4.69, 9.17) is 23.7 Å². The zero-order chi connectivity index (χ0) is 30.0. The second-order valence-corrected chi connectivity index (χ2v) is 9.13. The molecule has 0 aromatic heterocycles. The Morgan fingerprint density at radius 1 is 0.850 bits per heavy atom. The van der Waals surface area contributed by atoms with Crippen molar-refractivity contribution in [3.8, 4) is 0 Å². The molecule has 40 heavy (non-hydrogen) atoms. The second kappa shape index (κ2) is 25.0. The highest BCUT2D eigenvalue weighted by atomic mass is 16.7. The SMILES string of the molecule is COCOC(=O)/C=C(\C=C\[C@@H](C)C/C=C/CC/C=C/C=C\C[C@H](/C=C(C)\C=C(/C)C(=O)OCOC)OC)CCO. The first-order valence-corrected chi connectivity index (χ1v) is 13.4. The molecule has 8 heteroatoms. The average molecular weight is 561 g/mol. The van der Waals surface area contributed by atoms with E-state index in [2.05, 4.69) is 31.2 Å². The van der Waals surface area contributed by atoms with Crippen molar-refractivity contribution in [2.45, 2.75) is 59.0 Å². The first kappa shape index (κ1) is 37.0. The number of methoxy groups -OCH3 is 3. The van der Waals surface area contributed by atoms with Crippen LogP contribution < -0.4 is 0 Å². The Balaban J connectivity index is 4.47. The summed E-state index contributed by atoms with van der Waals surface area (Å²) < 4.78 is 24.8. The van der Waals surface area contributed by atoms with Crippen LogP contribution in [0.4, 0.5) is 0 Å². The number of carbonyl (C=O) groups excluding carboxylic acids is 2. The monoisotopic (exact) mass is 560 g/mol. The number of allylic oxidation sites excluding steroid dienone is 9. The molecule has 0 bridgehead atoms. The summed E-state index contributed by atoms with van der Waals surface area (Å²) in [6.45, 7) is 5.52. The van der Waals surface area contributed by atoms with Gasteiger partial charge < -0.3 is 28.8 Å². The lowest BCUT2D eigenvalue weighted by Gasteiger charge is -2.09. The summed E-state index contributed by atoms with van der Waals surface area (Å²) in [5.41, 5.74) is 2.14. The Bertz CT molecular complexity index is 921. The summed E-state index contributed by atoms with van der Waals surface area (Å²) in [5.74, 6) is -0.602. The lowest BCUT2D eigenvalue weighted by Crippen LogP contribution is -2.09. The molecule has 8 nitrogen and oxygen atoms in total. The molecule has 0 rings (SSSR count). The number of rotatable bonds is 21. The average Bonchev–Trinajstić information content (AvgIpc) is 2.93. The van der Waals surface area contributed by atoms with Gasteiger partial charge in [-0.3, -0.25) is 0 Å². The minimum absolute atomic E-state index is 0.0406. The highest BCUT2D eigenvalue weighted by Crippen LogP contribution is 2.11. The Kier molecular flexibility index (Phi) is 23.1. The van der Waals surface area contributed by atoms with E-state index >= 15 is 0 Å². The molecule has 0 saturated heterocycles. The van der Waals surface area contributed by atoms with Gasteiger partial charge in [0, 0.05) is 39.6 Å². The van der Waals surface area contributed by atoms with Crippen LogP contribution in [0.3, 0.4) is 0 Å². The number of hydrogen-bond donors (Lipinski definition) is 1. The summed E-state index contributed by atoms with van der Waals surface area (Å²) in [6, 6.07) is 0. The summed E-state index contributed by atoms with van der Waals surface area (Å²) >= 11 is 0. The third kappa shape index (κ3) is 20.9. The zero-order valence-corrected chi connectivity index (χ0v) is 25.0. The Hall–Kier alpha value is -3.04. The normalized spacial score (nSPS) is 15.0. The zero-order valence-electron chi connectivity index (χ0n) is 25.0. The molecule has 0 aromatic carbocycles. The number of ether oxygens (including phenoxy) is 5. The van der Waals surface area contributed by atoms with E-state index in [1.165, 1.54) is 20.3 Å². The van der Waals surface area contributed by atoms with Gasteiger partial charge in [0.1, 0.15) is 0 Å². The molecule has 0 saturated carbocycles. The summed E-state index contributed by atoms with van der Waals surface area (Å²) in [6.07, 6.45) is 25.3. The molecule has 0 aliphatic carbocycles. The second-order valence-electron chi connectivity index (χ2n) is 9.13. The lowest BCUT2D eigenvalue weighted by molar-refractivity contribution is -0.149. The number of esters is 2. The van der Waals surface area contributed by atoms with Crippen molar-refractivity contribution in [2.24, 2.45) is 5.92 Å². The predicted molar refractivity (Wildman–Crippen MR) is 158 cm³/mol. The number of carbonyl (C=O) groups is 2. The van der Waals surface area contributed by atoms with Crippen LogP contribution in [0.5, 0.6) is 0 Å². The highest BCUT2D eigenvalue weighted by Gasteiger charge is 2.06. The van der Waals surface area contributed by atoms with Gasteiger partial charge in [-0.2, -0.15) is 0 Å². The number of aliphatic hydroxyl groups is 1. The van der Waals surface area contributed by atoms with Gasteiger partial charge in [-0.1, -0.05) is 67.2 Å². The molecule has 0 radical (unpaired) electrons. The maximum atomic E-state index is 11.8. The fourth-order valence-corrected chi connectivity index (χ4v) is 3.30. The number of unbranched alkanes of at least 4 members (excludes halogenated alkanes) is 1. The van der Waals surface area contributed by atoms with Crippen molar-refractivity contribution in [3.63, 3.8) is 0 Å². The molecule has 2 atom stereocenters. The van der Waals surface area contributed by atoms with Crippen LogP contribution in [0.15, 0.2) is 83.6 Å². The summed E-state index contributed by atoms with van der Waals surface area (Å²) in [5, 5.41) is 9.21. The van der Waals surface area contributed by atoms with Crippen molar-refractivity contribution in [1.82, 2.24) is 0 Å². The highest BCUT2D eigenvalue weighted by molar-refractivity contribution is 5.88. The van der Waals surface area contributed by atoms with Crippen LogP contribution in [0.2, 0.25) is 0 Å². The number of aliphatic hydroxyl groups excluding tert-OH is 1. The fraction of sp³-hybridized carbons (Fsp3) is 0.500. The van der Waals surface area contributed by atoms with Gasteiger partial charge in [-0.05, 0) is 63.5 Å². The molecule has 0 aliphatic heterocycles. The Labute approximate surface area is 240 Å². The van der Waals surface area contributed by atoms with Gasteiger partial charge in [0.25, 0.3) is 0 Å². The molecule has 0 amide bonds. The third-order valence-corrected chi connectivity index (χ3v) is 5.41. The van der Waals surface area contributed by atoms with Crippen LogP contribution in [-0.4, -0.2) is 64.7 Å². The molecule has 224 valence electrons. The minimum Gasteiger partial charge on any atom is -0.435 e. The quantitative estimate of drug-likeness (QED) is 0.0461. The molecule has 0 aliphatic rings. The van der Waals surface area contributed by atoms with Crippen molar-refractivity contribution in [2.75, 3.05) is 41.5 Å². The number of hydrogen-bond acceptors (Lipinski definition) is 8. The van der Waals surface area contributed by atoms with Crippen LogP contribution in [-0.2, 0) is 33.3 Å². The molecule has 0 spiro atoms. The molecule has 0 unspecified atom stereocenters. The molecular weight excluding hydrogens is 512 g/mol. The van der Waals surface area contributed by atoms with E-state index in [9.17, 15) is 14.7 Å². The van der Waals surface area contributed by atoms with Crippen LogP contribution in [0, 0.1) is 5.92 Å². The fourth-order valence-electron chi connectivity index (χ4n) is 3.30. The van der Waals surface area contributed by atoms with Crippen LogP contribution >= 0.6 is 0 Å². The van der Waals surface area contributed by atoms with Gasteiger partial charge >= 0.3 is 11.9 Å². The van der Waals surface area contributed by atoms with Crippen molar-refractivity contribution < 1.29 is 38.4 Å². The smallest absolute Gasteiger partial charge is 0.335 e. The van der Waals surface area contributed by atoms with Crippen molar-refractivity contribution in [1.29, 1.82) is 0 Å². The molecule has 0 fully saturated rings. The molecule has 0 heterocycles. The summed E-state index contributed by atoms with van der Waals surface area (Å²) in [4.78, 5) is 23.5. The van der Waals surface area contributed by atoms with E-state index in [0.717, 1.165) is 24.8 Å². The van der Waals surface area contributed by atoms with E-state index in [1.54, 1.807) is 20.1 Å². The largest absolute Gasteiger partial charge is 0.435 e. The molecular formula is C32H48O8. The van der Waals surface area contributed by atoms with E-state index in [1.807, 2.05) is 37.3 Å². The van der Waals surface area contributed by atoms with Crippen LogP contribution in [0.25, 0.3) is 0 Å². The molecule has 1 N–H and O–H groups in total. The van der Waals surface area contributed by atoms with E-state index < -0.39 is 11.9 Å². The lowest BCUT2D eigenvalue weighted by atomic mass is 10.0. The first-order chi connectivity index (χ1) is 19.3. The van der Waals surface area contributed by atoms with Gasteiger partial charge in [0.2, 0.25) is 0 Å². The van der Waals surface area contributed by atoms with Crippen molar-refractivity contribution >= 4 is 11.9 Å².